The summed E-state index contributed by atoms with van der Waals surface area (Å²) in [6.07, 6.45) is 8.92. The van der Waals surface area contributed by atoms with Gasteiger partial charge in [0, 0.05) is 12.0 Å². The van der Waals surface area contributed by atoms with E-state index in [4.69, 9.17) is 0 Å². The number of rotatable bonds is 2. The summed E-state index contributed by atoms with van der Waals surface area (Å²) in [5, 5.41) is 0. The quantitative estimate of drug-likeness (QED) is 0.606. The molecule has 1 saturated carbocycles. The summed E-state index contributed by atoms with van der Waals surface area (Å²) in [5.74, 6) is 0.383. The van der Waals surface area contributed by atoms with E-state index >= 15 is 0 Å². The van der Waals surface area contributed by atoms with Crippen LogP contribution in [0.2, 0.25) is 0 Å². The number of carbonyl (C=O) groups excluding carboxylic acids is 1. The van der Waals surface area contributed by atoms with Gasteiger partial charge in [0.2, 0.25) is 0 Å². The van der Waals surface area contributed by atoms with Crippen LogP contribution in [-0.2, 0) is 4.79 Å². The molecule has 2 nitrogen and oxygen atoms in total. The van der Waals surface area contributed by atoms with Gasteiger partial charge in [-0.05, 0) is 38.8 Å². The lowest BCUT2D eigenvalue weighted by Crippen LogP contribution is -2.45. The third-order valence-corrected chi connectivity index (χ3v) is 3.50. The van der Waals surface area contributed by atoms with Crippen LogP contribution in [0.5, 0.6) is 0 Å². The van der Waals surface area contributed by atoms with Crippen molar-refractivity contribution in [3.05, 3.63) is 0 Å². The molecule has 1 aliphatic heterocycles. The van der Waals surface area contributed by atoms with Crippen molar-refractivity contribution in [2.45, 2.75) is 44.6 Å². The van der Waals surface area contributed by atoms with Crippen LogP contribution in [-0.4, -0.2) is 30.3 Å². The Morgan fingerprint density at radius 3 is 2.15 bits per heavy atom. The molecule has 2 fully saturated rings. The molecule has 0 radical (unpaired) electrons. The molecule has 0 unspecified atom stereocenters. The predicted octanol–water partition coefficient (Wildman–Crippen LogP) is 1.84. The summed E-state index contributed by atoms with van der Waals surface area (Å²) in [4.78, 5) is 13.1. The molecule has 13 heavy (non-hydrogen) atoms. The second kappa shape index (κ2) is 4.23. The highest BCUT2D eigenvalue weighted by Gasteiger charge is 2.32. The fraction of sp³-hybridized carbons (Fsp3) is 0.909. The fourth-order valence-corrected chi connectivity index (χ4v) is 2.50. The summed E-state index contributed by atoms with van der Waals surface area (Å²) in [6, 6.07) is 0.744. The van der Waals surface area contributed by atoms with Gasteiger partial charge < -0.3 is 9.69 Å². The van der Waals surface area contributed by atoms with Crippen LogP contribution < -0.4 is 0 Å². The van der Waals surface area contributed by atoms with Crippen LogP contribution in [0.3, 0.4) is 0 Å². The lowest BCUT2D eigenvalue weighted by Gasteiger charge is -2.40. The van der Waals surface area contributed by atoms with Crippen molar-refractivity contribution in [2.24, 2.45) is 5.92 Å². The molecule has 0 aromatic heterocycles. The third-order valence-electron chi connectivity index (χ3n) is 3.50. The molecule has 0 atom stereocenters. The van der Waals surface area contributed by atoms with Gasteiger partial charge in [0.25, 0.3) is 0 Å². The average Bonchev–Trinajstić information content (AvgIpc) is 2.31. The van der Waals surface area contributed by atoms with Crippen LogP contribution in [0, 0.1) is 5.92 Å². The van der Waals surface area contributed by atoms with Gasteiger partial charge in [-0.1, -0.05) is 12.8 Å². The first-order valence-corrected chi connectivity index (χ1v) is 5.59. The van der Waals surface area contributed by atoms with Crippen LogP contribution in [0.4, 0.5) is 0 Å². The highest BCUT2D eigenvalue weighted by molar-refractivity contribution is 5.55. The zero-order valence-electron chi connectivity index (χ0n) is 8.24. The van der Waals surface area contributed by atoms with Gasteiger partial charge in [-0.3, -0.25) is 0 Å². The molecule has 0 bridgehead atoms. The van der Waals surface area contributed by atoms with Gasteiger partial charge in [-0.2, -0.15) is 0 Å². The molecule has 0 aromatic rings. The molecule has 1 heterocycles. The summed E-state index contributed by atoms with van der Waals surface area (Å²) in [7, 11) is 0. The van der Waals surface area contributed by atoms with Crippen molar-refractivity contribution in [1.29, 1.82) is 0 Å². The molecule has 1 saturated heterocycles. The maximum atomic E-state index is 10.5. The highest BCUT2D eigenvalue weighted by Crippen LogP contribution is 2.31. The molecule has 1 aliphatic carbocycles. The first-order chi connectivity index (χ1) is 6.40. The van der Waals surface area contributed by atoms with Gasteiger partial charge in [-0.25, -0.2) is 0 Å². The van der Waals surface area contributed by atoms with E-state index in [0.29, 0.717) is 5.92 Å². The minimum absolute atomic E-state index is 0.383. The van der Waals surface area contributed by atoms with Crippen LogP contribution in [0.1, 0.15) is 38.5 Å². The smallest absolute Gasteiger partial charge is 0.123 e. The number of aldehydes is 1. The molecule has 0 N–H and O–H groups in total. The fourth-order valence-electron chi connectivity index (χ4n) is 2.50. The topological polar surface area (TPSA) is 20.3 Å². The van der Waals surface area contributed by atoms with Crippen molar-refractivity contribution in [3.63, 3.8) is 0 Å². The second-order valence-corrected chi connectivity index (χ2v) is 4.47. The van der Waals surface area contributed by atoms with Gasteiger partial charge in [0.05, 0.1) is 0 Å². The van der Waals surface area contributed by atoms with Crippen molar-refractivity contribution in [1.82, 2.24) is 4.90 Å². The van der Waals surface area contributed by atoms with E-state index in [0.717, 1.165) is 25.2 Å². The molecule has 2 heteroatoms. The van der Waals surface area contributed by atoms with Crippen LogP contribution >= 0.6 is 0 Å². The normalized spacial score (nSPS) is 36.3. The minimum atomic E-state index is 0.383. The summed E-state index contributed by atoms with van der Waals surface area (Å²) < 4.78 is 0. The standard InChI is InChI=1S/C11H19NO/c13-9-10-7-11(8-10)12-5-3-1-2-4-6-12/h9-11H,1-8H2. The molecule has 0 aromatic carbocycles. The van der Waals surface area contributed by atoms with Crippen molar-refractivity contribution in [2.75, 3.05) is 13.1 Å². The Kier molecular flexibility index (Phi) is 2.99. The number of carbonyl (C=O) groups is 1. The largest absolute Gasteiger partial charge is 0.303 e. The van der Waals surface area contributed by atoms with E-state index in [9.17, 15) is 4.79 Å². The number of nitrogens with zero attached hydrogens (tertiary/aromatic N) is 1. The maximum Gasteiger partial charge on any atom is 0.123 e. The third kappa shape index (κ3) is 2.11. The summed E-state index contributed by atoms with van der Waals surface area (Å²) in [6.45, 7) is 2.55. The molecule has 0 spiro atoms. The molecule has 0 amide bonds. The highest BCUT2D eigenvalue weighted by atomic mass is 16.1. The molecule has 74 valence electrons. The van der Waals surface area contributed by atoms with E-state index in [1.807, 2.05) is 0 Å². The molecule has 2 rings (SSSR count). The lowest BCUT2D eigenvalue weighted by molar-refractivity contribution is -0.115. The van der Waals surface area contributed by atoms with Gasteiger partial charge in [-0.15, -0.1) is 0 Å². The van der Waals surface area contributed by atoms with Crippen molar-refractivity contribution >= 4 is 6.29 Å². The van der Waals surface area contributed by atoms with E-state index in [-0.39, 0.29) is 0 Å². The van der Waals surface area contributed by atoms with Gasteiger partial charge >= 0.3 is 0 Å². The van der Waals surface area contributed by atoms with E-state index in [1.165, 1.54) is 38.8 Å². The van der Waals surface area contributed by atoms with E-state index in [1.54, 1.807) is 0 Å². The van der Waals surface area contributed by atoms with Crippen LogP contribution in [0.15, 0.2) is 0 Å². The molecule has 2 aliphatic rings. The number of likely N-dealkylation sites (tertiary alicyclic amines) is 1. The Morgan fingerprint density at radius 2 is 1.62 bits per heavy atom. The minimum Gasteiger partial charge on any atom is -0.303 e. The first-order valence-electron chi connectivity index (χ1n) is 5.59. The van der Waals surface area contributed by atoms with E-state index in [2.05, 4.69) is 4.90 Å². The Labute approximate surface area is 80.3 Å². The predicted molar refractivity (Wildman–Crippen MR) is 52.6 cm³/mol. The number of hydrogen-bond donors (Lipinski definition) is 0. The lowest BCUT2D eigenvalue weighted by atomic mass is 9.80. The SMILES string of the molecule is O=CC1CC(N2CCCCCC2)C1. The van der Waals surface area contributed by atoms with Crippen LogP contribution in [0.25, 0.3) is 0 Å². The average molecular weight is 181 g/mol. The second-order valence-electron chi connectivity index (χ2n) is 4.47. The molecular formula is C11H19NO. The number of hydrogen-bond acceptors (Lipinski definition) is 2. The van der Waals surface area contributed by atoms with Crippen molar-refractivity contribution in [3.8, 4) is 0 Å². The molecular weight excluding hydrogens is 162 g/mol. The zero-order valence-corrected chi connectivity index (χ0v) is 8.24. The maximum absolute atomic E-state index is 10.5. The van der Waals surface area contributed by atoms with E-state index < -0.39 is 0 Å². The monoisotopic (exact) mass is 181 g/mol. The zero-order chi connectivity index (χ0) is 9.10. The Balaban J connectivity index is 1.77. The van der Waals surface area contributed by atoms with Gasteiger partial charge in [0.15, 0.2) is 0 Å². The Morgan fingerprint density at radius 1 is 1.00 bits per heavy atom. The summed E-state index contributed by atoms with van der Waals surface area (Å²) >= 11 is 0. The Bertz CT molecular complexity index is 167. The first kappa shape index (κ1) is 9.20. The summed E-state index contributed by atoms with van der Waals surface area (Å²) in [5.41, 5.74) is 0. The van der Waals surface area contributed by atoms with Crippen molar-refractivity contribution < 1.29 is 4.79 Å². The Hall–Kier alpha value is -0.370. The van der Waals surface area contributed by atoms with Gasteiger partial charge in [0.1, 0.15) is 6.29 Å².